The van der Waals surface area contributed by atoms with E-state index in [-0.39, 0.29) is 5.25 Å². The topological polar surface area (TPSA) is 105 Å². The third-order valence-electron chi connectivity index (χ3n) is 5.14. The number of fused-ring (bicyclic) bond motifs is 1. The molecule has 8 heteroatoms. The molecule has 1 aromatic carbocycles. The number of carboxylic acids is 1. The Morgan fingerprint density at radius 2 is 1.84 bits per heavy atom. The van der Waals surface area contributed by atoms with Crippen LogP contribution in [0.1, 0.15) is 71.8 Å². The molecule has 1 heterocycles. The number of thiol groups is 1. The number of carbonyl (C=O) groups is 1. The smallest absolute Gasteiger partial charge is 0.321 e. The molecule has 0 aliphatic carbocycles. The quantitative estimate of drug-likeness (QED) is 0.233. The highest BCUT2D eigenvalue weighted by Gasteiger charge is 2.27. The first-order valence-electron chi connectivity index (χ1n) is 11.0. The van der Waals surface area contributed by atoms with Crippen LogP contribution in [0, 0.1) is 0 Å². The maximum atomic E-state index is 12.3. The zero-order valence-corrected chi connectivity index (χ0v) is 21.0. The molecule has 0 bridgehead atoms. The summed E-state index contributed by atoms with van der Waals surface area (Å²) in [6.45, 7) is 7.94. The van der Waals surface area contributed by atoms with E-state index in [1.54, 1.807) is 13.8 Å². The fourth-order valence-electron chi connectivity index (χ4n) is 3.02. The predicted octanol–water partition coefficient (Wildman–Crippen LogP) is 4.56. The summed E-state index contributed by atoms with van der Waals surface area (Å²) in [5, 5.41) is 8.53. The van der Waals surface area contributed by atoms with Crippen LogP contribution >= 0.6 is 12.6 Å². The number of ether oxygens (including phenoxy) is 2. The van der Waals surface area contributed by atoms with Crippen molar-refractivity contribution >= 4 is 29.8 Å². The minimum atomic E-state index is -1.02. The Balaban J connectivity index is 0.000000452. The van der Waals surface area contributed by atoms with Crippen LogP contribution in [-0.2, 0) is 22.4 Å². The number of rotatable bonds is 12. The second-order valence-corrected chi connectivity index (χ2v) is 11.7. The maximum absolute atomic E-state index is 12.3. The fraction of sp³-hybridized carbons (Fsp3) is 0.696. The number of unbranched alkanes of at least 4 members (excludes halogenated alkanes) is 5. The van der Waals surface area contributed by atoms with Crippen molar-refractivity contribution in [3.05, 3.63) is 23.8 Å². The summed E-state index contributed by atoms with van der Waals surface area (Å²) in [6.07, 6.45) is 8.32. The van der Waals surface area contributed by atoms with Gasteiger partial charge in [-0.3, -0.25) is 4.79 Å². The van der Waals surface area contributed by atoms with Gasteiger partial charge >= 0.3 is 5.97 Å². The molecular formula is C23H39NO5S2. The molecule has 2 rings (SSSR count). The van der Waals surface area contributed by atoms with Gasteiger partial charge in [-0.1, -0.05) is 49.8 Å². The Kier molecular flexibility index (Phi) is 12.7. The molecular weight excluding hydrogens is 434 g/mol. The van der Waals surface area contributed by atoms with Gasteiger partial charge in [0.2, 0.25) is 6.79 Å². The van der Waals surface area contributed by atoms with Gasteiger partial charge in [-0.05, 0) is 51.3 Å². The van der Waals surface area contributed by atoms with Crippen molar-refractivity contribution in [3.63, 3.8) is 0 Å². The second kappa shape index (κ2) is 14.1. The lowest BCUT2D eigenvalue weighted by atomic mass is 10.1. The molecule has 3 atom stereocenters. The first-order valence-corrected chi connectivity index (χ1v) is 12.9. The number of nitrogens with two attached hydrogens (primary N) is 1. The number of benzene rings is 1. The Hall–Kier alpha value is -1.09. The monoisotopic (exact) mass is 473 g/mol. The van der Waals surface area contributed by atoms with Crippen LogP contribution in [0.4, 0.5) is 0 Å². The highest BCUT2D eigenvalue weighted by Crippen LogP contribution is 2.33. The second-order valence-electron chi connectivity index (χ2n) is 8.52. The molecule has 1 aromatic rings. The SMILES string of the molecule is CC(C)(S)[C@@H](N)C(=O)O.CCCCCCCC[S+]([O-])C(C)Cc1ccc2c(c1)OCO2. The Labute approximate surface area is 195 Å². The van der Waals surface area contributed by atoms with E-state index in [1.165, 1.54) is 37.7 Å². The van der Waals surface area contributed by atoms with Crippen molar-refractivity contribution < 1.29 is 23.9 Å². The summed E-state index contributed by atoms with van der Waals surface area (Å²) >= 11 is 3.24. The van der Waals surface area contributed by atoms with Gasteiger partial charge in [0, 0.05) is 11.2 Å². The fourth-order valence-corrected chi connectivity index (χ4v) is 4.40. The first kappa shape index (κ1) is 27.9. The lowest BCUT2D eigenvalue weighted by Gasteiger charge is -2.21. The summed E-state index contributed by atoms with van der Waals surface area (Å²) in [6, 6.07) is 5.11. The molecule has 0 saturated heterocycles. The van der Waals surface area contributed by atoms with Crippen molar-refractivity contribution in [1.82, 2.24) is 0 Å². The molecule has 0 radical (unpaired) electrons. The van der Waals surface area contributed by atoms with Crippen molar-refractivity contribution in [2.45, 2.75) is 88.7 Å². The van der Waals surface area contributed by atoms with E-state index in [1.807, 2.05) is 18.2 Å². The molecule has 3 N–H and O–H groups in total. The lowest BCUT2D eigenvalue weighted by Crippen LogP contribution is -2.45. The molecule has 0 fully saturated rings. The minimum absolute atomic E-state index is 0.191. The van der Waals surface area contributed by atoms with Gasteiger partial charge in [0.25, 0.3) is 0 Å². The normalized spacial score (nSPS) is 15.6. The Morgan fingerprint density at radius 1 is 1.23 bits per heavy atom. The summed E-state index contributed by atoms with van der Waals surface area (Å²) in [4.78, 5) is 10.2. The van der Waals surface area contributed by atoms with E-state index < -0.39 is 27.9 Å². The first-order chi connectivity index (χ1) is 14.6. The standard InChI is InChI=1S/C18H28O3S.C5H11NO2S/c1-3-4-5-6-7-8-11-22(19)15(2)12-16-9-10-17-18(13-16)21-14-20-17;1-5(2,9)3(6)4(7)8/h9-10,13,15H,3-8,11-12,14H2,1-2H3;3,9H,6H2,1-2H3,(H,7,8)/t;3-/m.0/s1. The van der Waals surface area contributed by atoms with E-state index in [4.69, 9.17) is 20.3 Å². The van der Waals surface area contributed by atoms with E-state index in [0.717, 1.165) is 30.1 Å². The Morgan fingerprint density at radius 3 is 2.42 bits per heavy atom. The van der Waals surface area contributed by atoms with E-state index >= 15 is 0 Å². The van der Waals surface area contributed by atoms with Gasteiger partial charge < -0.3 is 24.9 Å². The zero-order chi connectivity index (χ0) is 23.4. The van der Waals surface area contributed by atoms with Crippen LogP contribution in [0.2, 0.25) is 0 Å². The molecule has 31 heavy (non-hydrogen) atoms. The van der Waals surface area contributed by atoms with Crippen LogP contribution in [0.25, 0.3) is 0 Å². The number of hydrogen-bond donors (Lipinski definition) is 3. The predicted molar refractivity (Wildman–Crippen MR) is 131 cm³/mol. The molecule has 0 aromatic heterocycles. The van der Waals surface area contributed by atoms with E-state index in [9.17, 15) is 9.35 Å². The van der Waals surface area contributed by atoms with Crippen LogP contribution < -0.4 is 15.2 Å². The molecule has 0 amide bonds. The number of aliphatic carboxylic acids is 1. The molecule has 2 unspecified atom stereocenters. The van der Waals surface area contributed by atoms with Crippen molar-refractivity contribution in [1.29, 1.82) is 0 Å². The highest BCUT2D eigenvalue weighted by atomic mass is 32.2. The van der Waals surface area contributed by atoms with Gasteiger partial charge in [0.05, 0.1) is 0 Å². The van der Waals surface area contributed by atoms with Gasteiger partial charge in [0.1, 0.15) is 17.0 Å². The summed E-state index contributed by atoms with van der Waals surface area (Å²) in [5.74, 6) is 1.43. The maximum Gasteiger partial charge on any atom is 0.321 e. The highest BCUT2D eigenvalue weighted by molar-refractivity contribution is 7.92. The molecule has 1 aliphatic heterocycles. The zero-order valence-electron chi connectivity index (χ0n) is 19.3. The van der Waals surface area contributed by atoms with Crippen LogP contribution in [0.5, 0.6) is 11.5 Å². The number of carboxylic acid groups (broad SMARTS) is 1. The van der Waals surface area contributed by atoms with Gasteiger partial charge in [-0.2, -0.15) is 12.6 Å². The van der Waals surface area contributed by atoms with Crippen LogP contribution in [-0.4, -0.2) is 44.2 Å². The largest absolute Gasteiger partial charge is 0.616 e. The molecule has 178 valence electrons. The molecule has 0 saturated carbocycles. The average Bonchev–Trinajstić information content (AvgIpc) is 3.17. The van der Waals surface area contributed by atoms with Crippen molar-refractivity contribution in [2.24, 2.45) is 5.73 Å². The summed E-state index contributed by atoms with van der Waals surface area (Å²) in [5.41, 5.74) is 6.39. The number of hydrogen-bond acceptors (Lipinski definition) is 6. The van der Waals surface area contributed by atoms with Crippen molar-refractivity contribution in [3.8, 4) is 11.5 Å². The molecule has 6 nitrogen and oxygen atoms in total. The minimum Gasteiger partial charge on any atom is -0.616 e. The van der Waals surface area contributed by atoms with Crippen molar-refractivity contribution in [2.75, 3.05) is 12.5 Å². The third kappa shape index (κ3) is 10.9. The van der Waals surface area contributed by atoms with Gasteiger partial charge in [-0.25, -0.2) is 0 Å². The Bertz CT molecular complexity index is 666. The summed E-state index contributed by atoms with van der Waals surface area (Å²) < 4.78 is 22.4. The van der Waals surface area contributed by atoms with Crippen LogP contribution in [0.3, 0.4) is 0 Å². The van der Waals surface area contributed by atoms with E-state index in [0.29, 0.717) is 6.79 Å². The van der Waals surface area contributed by atoms with Gasteiger partial charge in [-0.15, -0.1) is 0 Å². The third-order valence-corrected chi connectivity index (χ3v) is 7.17. The summed E-state index contributed by atoms with van der Waals surface area (Å²) in [7, 11) is 0. The molecule has 1 aliphatic rings. The molecule has 0 spiro atoms. The van der Waals surface area contributed by atoms with E-state index in [2.05, 4.69) is 26.5 Å². The van der Waals surface area contributed by atoms with Crippen LogP contribution in [0.15, 0.2) is 18.2 Å². The lowest BCUT2D eigenvalue weighted by molar-refractivity contribution is -0.139. The average molecular weight is 474 g/mol. The van der Waals surface area contributed by atoms with Gasteiger partial charge in [0.15, 0.2) is 11.5 Å².